The number of aryl methyl sites for hydroxylation is 1. The third-order valence-electron chi connectivity index (χ3n) is 4.10. The summed E-state index contributed by atoms with van der Waals surface area (Å²) in [5, 5.41) is 3.61. The number of hydrogen-bond donors (Lipinski definition) is 1. The molecule has 26 heavy (non-hydrogen) atoms. The van der Waals surface area contributed by atoms with E-state index in [0.29, 0.717) is 23.4 Å². The van der Waals surface area contributed by atoms with Crippen molar-refractivity contribution in [2.24, 2.45) is 0 Å². The maximum atomic E-state index is 12.1. The Morgan fingerprint density at radius 2 is 1.42 bits per heavy atom. The summed E-state index contributed by atoms with van der Waals surface area (Å²) in [6.07, 6.45) is 1.83. The Morgan fingerprint density at radius 1 is 0.846 bits per heavy atom. The zero-order chi connectivity index (χ0) is 18.4. The van der Waals surface area contributed by atoms with Gasteiger partial charge in [-0.2, -0.15) is 0 Å². The molecule has 0 unspecified atom stereocenters. The molecule has 0 fully saturated rings. The number of halogens is 1. The molecule has 0 atom stereocenters. The van der Waals surface area contributed by atoms with E-state index in [1.807, 2.05) is 60.7 Å². The molecule has 0 aliphatic heterocycles. The molecule has 0 aliphatic carbocycles. The van der Waals surface area contributed by atoms with E-state index in [4.69, 9.17) is 11.6 Å². The van der Waals surface area contributed by atoms with Crippen LogP contribution in [0.15, 0.2) is 72.8 Å². The Morgan fingerprint density at radius 3 is 2.00 bits per heavy atom. The first-order valence-corrected chi connectivity index (χ1v) is 8.72. The van der Waals surface area contributed by atoms with Crippen LogP contribution in [0.2, 0.25) is 5.02 Å². The van der Waals surface area contributed by atoms with Gasteiger partial charge in [-0.25, -0.2) is 0 Å². The van der Waals surface area contributed by atoms with Crippen LogP contribution in [0.3, 0.4) is 0 Å². The van der Waals surface area contributed by atoms with Crippen molar-refractivity contribution < 1.29 is 9.59 Å². The number of anilines is 1. The third-order valence-corrected chi connectivity index (χ3v) is 4.35. The van der Waals surface area contributed by atoms with Crippen LogP contribution in [-0.4, -0.2) is 12.2 Å². The summed E-state index contributed by atoms with van der Waals surface area (Å²) in [6.45, 7) is 0. The van der Waals surface area contributed by atoms with E-state index in [9.17, 15) is 9.59 Å². The van der Waals surface area contributed by atoms with Crippen LogP contribution in [0.25, 0.3) is 11.1 Å². The van der Waals surface area contributed by atoms with Crippen LogP contribution < -0.4 is 5.32 Å². The molecule has 3 nitrogen and oxygen atoms in total. The predicted molar refractivity (Wildman–Crippen MR) is 106 cm³/mol. The van der Waals surface area contributed by atoms with Crippen molar-refractivity contribution in [3.05, 3.63) is 88.9 Å². The van der Waals surface area contributed by atoms with Crippen molar-refractivity contribution in [1.29, 1.82) is 0 Å². The number of nitrogens with one attached hydrogen (secondary N) is 1. The monoisotopic (exact) mass is 363 g/mol. The van der Waals surface area contributed by atoms with Gasteiger partial charge in [0.25, 0.3) is 0 Å². The van der Waals surface area contributed by atoms with Crippen molar-refractivity contribution in [3.63, 3.8) is 0 Å². The van der Waals surface area contributed by atoms with Gasteiger partial charge in [-0.3, -0.25) is 9.59 Å². The molecule has 0 radical (unpaired) electrons. The quantitative estimate of drug-likeness (QED) is 0.597. The number of rotatable bonds is 6. The lowest BCUT2D eigenvalue weighted by Gasteiger charge is -2.07. The molecule has 1 amide bonds. The molecule has 130 valence electrons. The lowest BCUT2D eigenvalue weighted by atomic mass is 10.1. The summed E-state index contributed by atoms with van der Waals surface area (Å²) in [7, 11) is 0. The molecule has 0 aromatic heterocycles. The number of aldehydes is 1. The van der Waals surface area contributed by atoms with Gasteiger partial charge in [0.2, 0.25) is 5.91 Å². The summed E-state index contributed by atoms with van der Waals surface area (Å²) >= 11 is 5.91. The van der Waals surface area contributed by atoms with E-state index >= 15 is 0 Å². The average Bonchev–Trinajstić information content (AvgIpc) is 2.68. The molecule has 3 rings (SSSR count). The van der Waals surface area contributed by atoms with E-state index in [-0.39, 0.29) is 5.91 Å². The fourth-order valence-corrected chi connectivity index (χ4v) is 2.76. The van der Waals surface area contributed by atoms with Crippen molar-refractivity contribution in [1.82, 2.24) is 0 Å². The Hall–Kier alpha value is -2.91. The van der Waals surface area contributed by atoms with Gasteiger partial charge in [-0.15, -0.1) is 0 Å². The molecule has 3 aromatic carbocycles. The lowest BCUT2D eigenvalue weighted by Crippen LogP contribution is -2.12. The van der Waals surface area contributed by atoms with Crippen molar-refractivity contribution >= 4 is 29.5 Å². The minimum absolute atomic E-state index is 0.0382. The Kier molecular flexibility index (Phi) is 5.82. The topological polar surface area (TPSA) is 46.2 Å². The third kappa shape index (κ3) is 4.80. The number of carbonyl (C=O) groups is 2. The smallest absolute Gasteiger partial charge is 0.224 e. The molecule has 4 heteroatoms. The van der Waals surface area contributed by atoms with Gasteiger partial charge in [0.05, 0.1) is 0 Å². The normalized spacial score (nSPS) is 10.3. The van der Waals surface area contributed by atoms with Gasteiger partial charge in [0, 0.05) is 22.7 Å². The predicted octanol–water partition coefficient (Wildman–Crippen LogP) is 5.39. The largest absolute Gasteiger partial charge is 0.326 e. The second-order valence-electron chi connectivity index (χ2n) is 5.99. The lowest BCUT2D eigenvalue weighted by molar-refractivity contribution is -0.116. The van der Waals surface area contributed by atoms with Crippen LogP contribution in [0.1, 0.15) is 22.3 Å². The molecule has 0 saturated heterocycles. The molecule has 3 aromatic rings. The fourth-order valence-electron chi connectivity index (χ4n) is 2.63. The van der Waals surface area contributed by atoms with E-state index in [1.54, 1.807) is 12.1 Å². The zero-order valence-corrected chi connectivity index (χ0v) is 14.9. The second kappa shape index (κ2) is 8.45. The minimum atomic E-state index is -0.0382. The van der Waals surface area contributed by atoms with E-state index in [2.05, 4.69) is 5.32 Å². The fraction of sp³-hybridized carbons (Fsp3) is 0.0909. The van der Waals surface area contributed by atoms with Gasteiger partial charge < -0.3 is 5.32 Å². The molecule has 0 aliphatic rings. The molecule has 0 heterocycles. The SMILES string of the molecule is O=Cc1ccc(CCC(=O)Nc2ccc(-c3ccc(Cl)cc3)cc2)cc1. The molecular formula is C22H18ClNO2. The highest BCUT2D eigenvalue weighted by Crippen LogP contribution is 2.23. The van der Waals surface area contributed by atoms with Crippen LogP contribution in [-0.2, 0) is 11.2 Å². The van der Waals surface area contributed by atoms with E-state index in [0.717, 1.165) is 28.7 Å². The van der Waals surface area contributed by atoms with Gasteiger partial charge in [0.1, 0.15) is 6.29 Å². The van der Waals surface area contributed by atoms with Gasteiger partial charge in [-0.1, -0.05) is 60.1 Å². The Labute approximate surface area is 157 Å². The molecule has 0 spiro atoms. The second-order valence-corrected chi connectivity index (χ2v) is 6.43. The van der Waals surface area contributed by atoms with Crippen LogP contribution in [0, 0.1) is 0 Å². The molecule has 0 bridgehead atoms. The van der Waals surface area contributed by atoms with Gasteiger partial charge >= 0.3 is 0 Å². The zero-order valence-electron chi connectivity index (χ0n) is 14.1. The average molecular weight is 364 g/mol. The number of benzene rings is 3. The summed E-state index contributed by atoms with van der Waals surface area (Å²) in [4.78, 5) is 22.8. The van der Waals surface area contributed by atoms with Crippen LogP contribution >= 0.6 is 11.6 Å². The number of amides is 1. The summed E-state index contributed by atoms with van der Waals surface area (Å²) < 4.78 is 0. The van der Waals surface area contributed by atoms with E-state index < -0.39 is 0 Å². The molecular weight excluding hydrogens is 346 g/mol. The highest BCUT2D eigenvalue weighted by atomic mass is 35.5. The molecule has 1 N–H and O–H groups in total. The van der Waals surface area contributed by atoms with E-state index in [1.165, 1.54) is 0 Å². The first-order chi connectivity index (χ1) is 12.6. The first-order valence-electron chi connectivity index (χ1n) is 8.34. The van der Waals surface area contributed by atoms with Crippen molar-refractivity contribution in [3.8, 4) is 11.1 Å². The highest BCUT2D eigenvalue weighted by Gasteiger charge is 2.04. The van der Waals surface area contributed by atoms with Crippen LogP contribution in [0.5, 0.6) is 0 Å². The molecule has 0 saturated carbocycles. The Balaban J connectivity index is 1.55. The van der Waals surface area contributed by atoms with Crippen molar-refractivity contribution in [2.75, 3.05) is 5.32 Å². The summed E-state index contributed by atoms with van der Waals surface area (Å²) in [5.41, 5.74) is 4.58. The first kappa shape index (κ1) is 17.9. The maximum absolute atomic E-state index is 12.1. The highest BCUT2D eigenvalue weighted by molar-refractivity contribution is 6.30. The van der Waals surface area contributed by atoms with Gasteiger partial charge in [0.15, 0.2) is 0 Å². The number of hydrogen-bond acceptors (Lipinski definition) is 2. The Bertz CT molecular complexity index is 885. The standard InChI is InChI=1S/C22H18ClNO2/c23-20-10-6-18(7-11-20)19-8-12-21(13-9-19)24-22(26)14-5-16-1-3-17(15-25)4-2-16/h1-4,6-13,15H,5,14H2,(H,24,26). The van der Waals surface area contributed by atoms with Crippen molar-refractivity contribution in [2.45, 2.75) is 12.8 Å². The maximum Gasteiger partial charge on any atom is 0.224 e. The number of carbonyl (C=O) groups excluding carboxylic acids is 2. The summed E-state index contributed by atoms with van der Waals surface area (Å²) in [6, 6.07) is 22.6. The van der Waals surface area contributed by atoms with Crippen LogP contribution in [0.4, 0.5) is 5.69 Å². The van der Waals surface area contributed by atoms with Gasteiger partial charge in [-0.05, 0) is 47.4 Å². The summed E-state index contributed by atoms with van der Waals surface area (Å²) in [5.74, 6) is -0.0382. The minimum Gasteiger partial charge on any atom is -0.326 e.